The third kappa shape index (κ3) is 3.69. The van der Waals surface area contributed by atoms with Crippen LogP contribution in [0.1, 0.15) is 30.2 Å². The number of allylic oxidation sites excluding steroid dienone is 9. The fourth-order valence-electron chi connectivity index (χ4n) is 4.67. The molecule has 0 aliphatic heterocycles. The summed E-state index contributed by atoms with van der Waals surface area (Å²) in [7, 11) is 0. The number of rotatable bonds is 3. The van der Waals surface area contributed by atoms with Gasteiger partial charge in [0.1, 0.15) is 5.65 Å². The second-order valence-electron chi connectivity index (χ2n) is 8.71. The van der Waals surface area contributed by atoms with Crippen LogP contribution in [-0.4, -0.2) is 20.2 Å². The first-order valence-corrected chi connectivity index (χ1v) is 11.7. The summed E-state index contributed by atoms with van der Waals surface area (Å²) in [6.45, 7) is 6.25. The number of pyridine rings is 2. The predicted octanol–water partition coefficient (Wildman–Crippen LogP) is 7.37. The first-order chi connectivity index (χ1) is 17.2. The zero-order valence-electron chi connectivity index (χ0n) is 19.5. The highest BCUT2D eigenvalue weighted by molar-refractivity contribution is 6.17. The summed E-state index contributed by atoms with van der Waals surface area (Å²) in [5, 5.41) is 2.33. The van der Waals surface area contributed by atoms with Crippen LogP contribution >= 0.6 is 0 Å². The normalized spacial score (nSPS) is 16.7. The molecule has 0 unspecified atom stereocenters. The second-order valence-corrected chi connectivity index (χ2v) is 8.71. The quantitative estimate of drug-likeness (QED) is 0.326. The van der Waals surface area contributed by atoms with Crippen molar-refractivity contribution in [2.75, 3.05) is 0 Å². The van der Waals surface area contributed by atoms with E-state index in [0.29, 0.717) is 0 Å². The van der Waals surface area contributed by atoms with Gasteiger partial charge in [0.2, 0.25) is 0 Å². The van der Waals surface area contributed by atoms with Crippen molar-refractivity contribution >= 4 is 45.0 Å². The van der Waals surface area contributed by atoms with Gasteiger partial charge in [0, 0.05) is 47.0 Å². The van der Waals surface area contributed by atoms with E-state index in [4.69, 9.17) is 9.98 Å². The van der Waals surface area contributed by atoms with Gasteiger partial charge in [-0.25, -0.2) is 4.98 Å². The SMILES string of the molecule is C=C1C=Cc2cccnc2C1=N/C=C(\C)c1ccc2c(c1)c1cccnc1n2C1=CC=CC=CC1. The molecule has 0 spiro atoms. The van der Waals surface area contributed by atoms with Crippen molar-refractivity contribution in [1.29, 1.82) is 0 Å². The summed E-state index contributed by atoms with van der Waals surface area (Å²) < 4.78 is 2.27. The van der Waals surface area contributed by atoms with Crippen LogP contribution in [0.5, 0.6) is 0 Å². The summed E-state index contributed by atoms with van der Waals surface area (Å²) in [5.74, 6) is 0. The molecule has 35 heavy (non-hydrogen) atoms. The number of aliphatic imine (C=N–C) groups is 1. The molecule has 0 amide bonds. The molecular formula is C31H24N4. The topological polar surface area (TPSA) is 43.1 Å². The third-order valence-corrected chi connectivity index (χ3v) is 6.46. The molecule has 0 saturated carbocycles. The Morgan fingerprint density at radius 2 is 1.89 bits per heavy atom. The van der Waals surface area contributed by atoms with Crippen molar-refractivity contribution in [3.63, 3.8) is 0 Å². The Hall–Kier alpha value is -4.57. The highest BCUT2D eigenvalue weighted by Gasteiger charge is 2.16. The van der Waals surface area contributed by atoms with E-state index < -0.39 is 0 Å². The van der Waals surface area contributed by atoms with Gasteiger partial charge in [0.15, 0.2) is 0 Å². The first-order valence-electron chi connectivity index (χ1n) is 11.7. The molecule has 4 aromatic rings. The van der Waals surface area contributed by atoms with Crippen molar-refractivity contribution in [2.24, 2.45) is 4.99 Å². The predicted molar refractivity (Wildman–Crippen MR) is 147 cm³/mol. The summed E-state index contributed by atoms with van der Waals surface area (Å²) in [6.07, 6.45) is 21.0. The van der Waals surface area contributed by atoms with Crippen molar-refractivity contribution in [3.05, 3.63) is 126 Å². The highest BCUT2D eigenvalue weighted by Crippen LogP contribution is 2.34. The Morgan fingerprint density at radius 3 is 2.83 bits per heavy atom. The minimum Gasteiger partial charge on any atom is -0.297 e. The van der Waals surface area contributed by atoms with E-state index in [-0.39, 0.29) is 0 Å². The lowest BCUT2D eigenvalue weighted by molar-refractivity contribution is 1.11. The molecule has 3 aromatic heterocycles. The summed E-state index contributed by atoms with van der Waals surface area (Å²) in [4.78, 5) is 14.1. The molecular weight excluding hydrogens is 428 g/mol. The number of hydrogen-bond acceptors (Lipinski definition) is 3. The zero-order chi connectivity index (χ0) is 23.8. The fraction of sp³-hybridized carbons (Fsp3) is 0.0645. The van der Waals surface area contributed by atoms with E-state index in [1.807, 2.05) is 42.7 Å². The summed E-state index contributed by atoms with van der Waals surface area (Å²) in [5.41, 5.74) is 9.13. The van der Waals surface area contributed by atoms with E-state index in [2.05, 4.69) is 77.7 Å². The third-order valence-electron chi connectivity index (χ3n) is 6.46. The van der Waals surface area contributed by atoms with E-state index in [1.54, 1.807) is 6.20 Å². The maximum absolute atomic E-state index is 4.81. The molecule has 0 bridgehead atoms. The van der Waals surface area contributed by atoms with Crippen molar-refractivity contribution < 1.29 is 0 Å². The van der Waals surface area contributed by atoms with E-state index >= 15 is 0 Å². The molecule has 0 N–H and O–H groups in total. The molecule has 6 rings (SSSR count). The molecule has 4 heteroatoms. The van der Waals surface area contributed by atoms with Crippen molar-refractivity contribution in [3.8, 4) is 0 Å². The number of aromatic nitrogens is 3. The lowest BCUT2D eigenvalue weighted by Crippen LogP contribution is -2.10. The maximum atomic E-state index is 4.81. The van der Waals surface area contributed by atoms with E-state index in [1.165, 1.54) is 11.1 Å². The van der Waals surface area contributed by atoms with Crippen LogP contribution in [0.3, 0.4) is 0 Å². The molecule has 1 aromatic carbocycles. The zero-order valence-corrected chi connectivity index (χ0v) is 19.5. The largest absolute Gasteiger partial charge is 0.297 e. The van der Waals surface area contributed by atoms with E-state index in [9.17, 15) is 0 Å². The Kier molecular flexibility index (Phi) is 5.19. The maximum Gasteiger partial charge on any atom is 0.145 e. The lowest BCUT2D eigenvalue weighted by Gasteiger charge is -2.13. The van der Waals surface area contributed by atoms with Gasteiger partial charge in [-0.3, -0.25) is 14.5 Å². The van der Waals surface area contributed by atoms with Gasteiger partial charge in [0.05, 0.1) is 16.9 Å². The summed E-state index contributed by atoms with van der Waals surface area (Å²) in [6, 6.07) is 14.7. The number of nitrogens with zero attached hydrogens (tertiary/aromatic N) is 4. The van der Waals surface area contributed by atoms with Gasteiger partial charge >= 0.3 is 0 Å². The van der Waals surface area contributed by atoms with Crippen LogP contribution < -0.4 is 0 Å². The molecule has 0 saturated heterocycles. The Morgan fingerprint density at radius 1 is 1.00 bits per heavy atom. The number of fused-ring (bicyclic) bond motifs is 4. The lowest BCUT2D eigenvalue weighted by atomic mass is 9.97. The molecule has 0 radical (unpaired) electrons. The Labute approximate surface area is 204 Å². The molecule has 0 fully saturated rings. The minimum absolute atomic E-state index is 0.811. The van der Waals surface area contributed by atoms with Gasteiger partial charge in [-0.15, -0.1) is 0 Å². The standard InChI is InChI=1S/C31H24N4/c1-21-13-14-23-9-7-17-32-30(23)29(21)34-20-22(2)24-15-16-28-27(19-24)26-12-8-18-33-31(26)35(28)25-10-5-3-4-6-11-25/h3-10,12-20H,1,11H2,2H3/b22-20+,34-29?. The average Bonchev–Trinajstić information content (AvgIpc) is 3.02. The van der Waals surface area contributed by atoms with Crippen LogP contribution in [0.25, 0.3) is 39.3 Å². The van der Waals surface area contributed by atoms with Gasteiger partial charge in [-0.1, -0.05) is 55.2 Å². The van der Waals surface area contributed by atoms with Gasteiger partial charge in [-0.05, 0) is 60.0 Å². The molecule has 168 valence electrons. The van der Waals surface area contributed by atoms with E-state index in [0.717, 1.165) is 56.6 Å². The number of hydrogen-bond donors (Lipinski definition) is 0. The molecule has 0 atom stereocenters. The molecule has 2 aliphatic rings. The van der Waals surface area contributed by atoms with Crippen molar-refractivity contribution in [1.82, 2.24) is 14.5 Å². The molecule has 2 aliphatic carbocycles. The minimum atomic E-state index is 0.811. The van der Waals surface area contributed by atoms with Gasteiger partial charge < -0.3 is 0 Å². The van der Waals surface area contributed by atoms with Crippen LogP contribution in [0, 0.1) is 0 Å². The van der Waals surface area contributed by atoms with Crippen LogP contribution in [0.2, 0.25) is 0 Å². The number of benzene rings is 1. The second kappa shape index (κ2) is 8.65. The van der Waals surface area contributed by atoms with Crippen LogP contribution in [-0.2, 0) is 0 Å². The van der Waals surface area contributed by atoms with Crippen LogP contribution in [0.4, 0.5) is 0 Å². The summed E-state index contributed by atoms with van der Waals surface area (Å²) >= 11 is 0. The highest BCUT2D eigenvalue weighted by atomic mass is 15.0. The fourth-order valence-corrected chi connectivity index (χ4v) is 4.67. The monoisotopic (exact) mass is 452 g/mol. The Balaban J connectivity index is 1.46. The smallest absolute Gasteiger partial charge is 0.145 e. The average molecular weight is 453 g/mol. The first kappa shape index (κ1) is 21.0. The van der Waals surface area contributed by atoms with Crippen LogP contribution in [0.15, 0.2) is 115 Å². The Bertz CT molecular complexity index is 1690. The van der Waals surface area contributed by atoms with Gasteiger partial charge in [-0.2, -0.15) is 0 Å². The molecule has 4 nitrogen and oxygen atoms in total. The van der Waals surface area contributed by atoms with Crippen molar-refractivity contribution in [2.45, 2.75) is 13.3 Å². The molecule has 3 heterocycles. The van der Waals surface area contributed by atoms with Gasteiger partial charge in [0.25, 0.3) is 0 Å².